The predicted molar refractivity (Wildman–Crippen MR) is 73.8 cm³/mol. The molecule has 0 radical (unpaired) electrons. The maximum absolute atomic E-state index is 6.11. The van der Waals surface area contributed by atoms with Gasteiger partial charge in [-0.1, -0.05) is 34.5 Å². The molecule has 0 saturated carbocycles. The Morgan fingerprint density at radius 3 is 2.73 bits per heavy atom. The van der Waals surface area contributed by atoms with Crippen LogP contribution in [0.2, 0.25) is 5.02 Å². The monoisotopic (exact) mass is 320 g/mol. The molecular formula is C11H10BrClS2. The second kappa shape index (κ2) is 5.00. The molecule has 2 aromatic heterocycles. The zero-order valence-electron chi connectivity index (χ0n) is 8.17. The topological polar surface area (TPSA) is 0 Å². The van der Waals surface area contributed by atoms with Crippen molar-refractivity contribution in [3.8, 4) is 0 Å². The summed E-state index contributed by atoms with van der Waals surface area (Å²) < 4.78 is 0. The van der Waals surface area contributed by atoms with E-state index in [4.69, 9.17) is 11.6 Å². The number of thiophene rings is 2. The van der Waals surface area contributed by atoms with Crippen LogP contribution in [0.15, 0.2) is 23.6 Å². The first kappa shape index (κ1) is 11.6. The molecule has 0 saturated heterocycles. The summed E-state index contributed by atoms with van der Waals surface area (Å²) in [6.45, 7) is 2.18. The Labute approximate surface area is 111 Å². The Balaban J connectivity index is 2.28. The van der Waals surface area contributed by atoms with E-state index >= 15 is 0 Å². The molecule has 0 spiro atoms. The average molecular weight is 322 g/mol. The molecule has 0 fully saturated rings. The summed E-state index contributed by atoms with van der Waals surface area (Å²) in [4.78, 5) is 4.19. The van der Waals surface area contributed by atoms with Crippen molar-refractivity contribution in [2.75, 3.05) is 0 Å². The minimum Gasteiger partial charge on any atom is -0.146 e. The second-order valence-corrected chi connectivity index (χ2v) is 6.62. The molecule has 0 nitrogen and oxygen atoms in total. The maximum Gasteiger partial charge on any atom is 0.0845 e. The lowest BCUT2D eigenvalue weighted by Crippen LogP contribution is -1.84. The van der Waals surface area contributed by atoms with Crippen LogP contribution in [0, 0.1) is 0 Å². The molecule has 0 amide bonds. The summed E-state index contributed by atoms with van der Waals surface area (Å²) in [6, 6.07) is 6.32. The average Bonchev–Trinajstić information content (AvgIpc) is 2.84. The van der Waals surface area contributed by atoms with Gasteiger partial charge in [0.1, 0.15) is 0 Å². The Morgan fingerprint density at radius 2 is 2.20 bits per heavy atom. The van der Waals surface area contributed by atoms with E-state index in [2.05, 4.69) is 35.0 Å². The first-order chi connectivity index (χ1) is 7.22. The van der Waals surface area contributed by atoms with Crippen LogP contribution in [0.25, 0.3) is 0 Å². The molecule has 4 heteroatoms. The van der Waals surface area contributed by atoms with Crippen LogP contribution >= 0.6 is 50.2 Å². The number of aryl methyl sites for hydroxylation is 1. The van der Waals surface area contributed by atoms with Gasteiger partial charge in [-0.3, -0.25) is 0 Å². The number of rotatable bonds is 3. The third-order valence-electron chi connectivity index (χ3n) is 2.16. The molecule has 0 aliphatic rings. The Morgan fingerprint density at radius 1 is 1.40 bits per heavy atom. The van der Waals surface area contributed by atoms with Crippen LogP contribution in [0.3, 0.4) is 0 Å². The van der Waals surface area contributed by atoms with Crippen molar-refractivity contribution in [3.63, 3.8) is 0 Å². The fourth-order valence-electron chi connectivity index (χ4n) is 1.34. The van der Waals surface area contributed by atoms with Crippen molar-refractivity contribution in [1.29, 1.82) is 0 Å². The van der Waals surface area contributed by atoms with Gasteiger partial charge in [-0.15, -0.1) is 22.7 Å². The second-order valence-electron chi connectivity index (χ2n) is 3.15. The van der Waals surface area contributed by atoms with E-state index in [1.165, 1.54) is 14.6 Å². The molecule has 0 aromatic carbocycles. The van der Waals surface area contributed by atoms with Gasteiger partial charge in [0.15, 0.2) is 0 Å². The maximum atomic E-state index is 6.11. The van der Waals surface area contributed by atoms with E-state index in [1.54, 1.807) is 11.3 Å². The van der Waals surface area contributed by atoms with Gasteiger partial charge in [0.25, 0.3) is 0 Å². The van der Waals surface area contributed by atoms with Crippen molar-refractivity contribution in [1.82, 2.24) is 0 Å². The highest BCUT2D eigenvalue weighted by atomic mass is 79.9. The van der Waals surface area contributed by atoms with Gasteiger partial charge in [-0.2, -0.15) is 0 Å². The number of alkyl halides is 1. The van der Waals surface area contributed by atoms with Crippen molar-refractivity contribution in [3.05, 3.63) is 43.2 Å². The SMILES string of the molecule is CCc1ccc(C(Br)c2sccc2Cl)s1. The van der Waals surface area contributed by atoms with Gasteiger partial charge in [-0.05, 0) is 30.0 Å². The molecule has 2 heterocycles. The highest BCUT2D eigenvalue weighted by molar-refractivity contribution is 9.09. The van der Waals surface area contributed by atoms with Gasteiger partial charge < -0.3 is 0 Å². The molecule has 1 atom stereocenters. The first-order valence-electron chi connectivity index (χ1n) is 4.68. The molecular weight excluding hydrogens is 312 g/mol. The number of hydrogen-bond donors (Lipinski definition) is 0. The zero-order valence-corrected chi connectivity index (χ0v) is 12.1. The standard InChI is InChI=1S/C11H10BrClS2/c1-2-7-3-4-9(15-7)10(12)11-8(13)5-6-14-11/h3-6,10H,2H2,1H3. The largest absolute Gasteiger partial charge is 0.146 e. The van der Waals surface area contributed by atoms with Crippen molar-refractivity contribution in [2.24, 2.45) is 0 Å². The lowest BCUT2D eigenvalue weighted by atomic mass is 10.3. The van der Waals surface area contributed by atoms with Gasteiger partial charge in [-0.25, -0.2) is 0 Å². The van der Waals surface area contributed by atoms with Crippen LogP contribution in [-0.4, -0.2) is 0 Å². The molecule has 1 unspecified atom stereocenters. The van der Waals surface area contributed by atoms with E-state index in [0.29, 0.717) is 0 Å². The summed E-state index contributed by atoms with van der Waals surface area (Å²) in [7, 11) is 0. The van der Waals surface area contributed by atoms with E-state index in [9.17, 15) is 0 Å². The van der Waals surface area contributed by atoms with Crippen LogP contribution in [0.4, 0.5) is 0 Å². The summed E-state index contributed by atoms with van der Waals surface area (Å²) in [5, 5.41) is 2.88. The zero-order chi connectivity index (χ0) is 10.8. The summed E-state index contributed by atoms with van der Waals surface area (Å²) in [6.07, 6.45) is 1.10. The summed E-state index contributed by atoms with van der Waals surface area (Å²) in [5.41, 5.74) is 0. The third kappa shape index (κ3) is 2.47. The van der Waals surface area contributed by atoms with E-state index in [0.717, 1.165) is 11.4 Å². The Bertz CT molecular complexity index is 447. The van der Waals surface area contributed by atoms with Gasteiger partial charge in [0, 0.05) is 14.6 Å². The lowest BCUT2D eigenvalue weighted by Gasteiger charge is -2.05. The lowest BCUT2D eigenvalue weighted by molar-refractivity contribution is 1.19. The Kier molecular flexibility index (Phi) is 3.88. The summed E-state index contributed by atoms with van der Waals surface area (Å²) >= 11 is 13.4. The normalized spacial score (nSPS) is 13.0. The van der Waals surface area contributed by atoms with Crippen molar-refractivity contribution >= 4 is 50.2 Å². The Hall–Kier alpha value is 0.170. The number of halogens is 2. The van der Waals surface area contributed by atoms with Crippen LogP contribution in [0.1, 0.15) is 26.4 Å². The minimum absolute atomic E-state index is 0.246. The predicted octanol–water partition coefficient (Wildman–Crippen LogP) is 5.51. The smallest absolute Gasteiger partial charge is 0.0845 e. The molecule has 0 aliphatic heterocycles. The summed E-state index contributed by atoms with van der Waals surface area (Å²) in [5.74, 6) is 0. The molecule has 80 valence electrons. The van der Waals surface area contributed by atoms with Crippen LogP contribution in [-0.2, 0) is 6.42 Å². The highest BCUT2D eigenvalue weighted by Gasteiger charge is 2.16. The van der Waals surface area contributed by atoms with Gasteiger partial charge >= 0.3 is 0 Å². The first-order valence-corrected chi connectivity index (χ1v) is 7.67. The number of hydrogen-bond acceptors (Lipinski definition) is 2. The quantitative estimate of drug-likeness (QED) is 0.654. The fraction of sp³-hybridized carbons (Fsp3) is 0.273. The molecule has 15 heavy (non-hydrogen) atoms. The fourth-order valence-corrected chi connectivity index (χ4v) is 4.64. The molecule has 0 N–H and O–H groups in total. The van der Waals surface area contributed by atoms with Crippen molar-refractivity contribution in [2.45, 2.75) is 18.2 Å². The molecule has 0 bridgehead atoms. The van der Waals surface area contributed by atoms with E-state index < -0.39 is 0 Å². The highest BCUT2D eigenvalue weighted by Crippen LogP contribution is 2.41. The van der Waals surface area contributed by atoms with E-state index in [1.807, 2.05) is 22.8 Å². The third-order valence-corrected chi connectivity index (χ3v) is 6.43. The van der Waals surface area contributed by atoms with Crippen LogP contribution in [0.5, 0.6) is 0 Å². The molecule has 2 aromatic rings. The molecule has 2 rings (SSSR count). The minimum atomic E-state index is 0.246. The van der Waals surface area contributed by atoms with E-state index in [-0.39, 0.29) is 4.83 Å². The van der Waals surface area contributed by atoms with Gasteiger partial charge in [0.2, 0.25) is 0 Å². The van der Waals surface area contributed by atoms with Crippen molar-refractivity contribution < 1.29 is 0 Å². The molecule has 0 aliphatic carbocycles. The van der Waals surface area contributed by atoms with Gasteiger partial charge in [0.05, 0.1) is 9.85 Å². The van der Waals surface area contributed by atoms with Crippen LogP contribution < -0.4 is 0 Å².